The van der Waals surface area contributed by atoms with Crippen LogP contribution in [0.1, 0.15) is 23.0 Å². The van der Waals surface area contributed by atoms with E-state index in [2.05, 4.69) is 20.6 Å². The van der Waals surface area contributed by atoms with Gasteiger partial charge >= 0.3 is 0 Å². The second-order valence-electron chi connectivity index (χ2n) is 4.13. The molecule has 0 aliphatic carbocycles. The predicted molar refractivity (Wildman–Crippen MR) is 73.8 cm³/mol. The Morgan fingerprint density at radius 2 is 2.15 bits per heavy atom. The quantitative estimate of drug-likeness (QED) is 0.875. The first-order valence-electron chi connectivity index (χ1n) is 6.27. The van der Waals surface area contributed by atoms with Gasteiger partial charge in [0, 0.05) is 13.1 Å². The third-order valence-corrected chi connectivity index (χ3v) is 2.58. The molecule has 20 heavy (non-hydrogen) atoms. The highest BCUT2D eigenvalue weighted by atomic mass is 19.1. The van der Waals surface area contributed by atoms with Crippen molar-refractivity contribution >= 4 is 11.7 Å². The van der Waals surface area contributed by atoms with Crippen LogP contribution in [0.3, 0.4) is 0 Å². The van der Waals surface area contributed by atoms with Gasteiger partial charge in [0.1, 0.15) is 17.3 Å². The number of benzene rings is 1. The van der Waals surface area contributed by atoms with E-state index in [9.17, 15) is 9.18 Å². The van der Waals surface area contributed by atoms with Gasteiger partial charge in [-0.25, -0.2) is 14.4 Å². The number of anilines is 1. The molecule has 1 aromatic carbocycles. The van der Waals surface area contributed by atoms with Crippen LogP contribution in [0.25, 0.3) is 0 Å². The van der Waals surface area contributed by atoms with Crippen LogP contribution in [0.5, 0.6) is 0 Å². The van der Waals surface area contributed by atoms with E-state index in [4.69, 9.17) is 0 Å². The van der Waals surface area contributed by atoms with Gasteiger partial charge in [0.2, 0.25) is 0 Å². The number of nitrogens with zero attached hydrogens (tertiary/aromatic N) is 2. The molecule has 1 aromatic heterocycles. The van der Waals surface area contributed by atoms with Crippen molar-refractivity contribution in [3.8, 4) is 0 Å². The summed E-state index contributed by atoms with van der Waals surface area (Å²) >= 11 is 0. The summed E-state index contributed by atoms with van der Waals surface area (Å²) in [7, 11) is 0. The Kier molecular flexibility index (Phi) is 4.60. The second-order valence-corrected chi connectivity index (χ2v) is 4.13. The van der Waals surface area contributed by atoms with Crippen molar-refractivity contribution in [1.29, 1.82) is 0 Å². The third kappa shape index (κ3) is 3.74. The van der Waals surface area contributed by atoms with Gasteiger partial charge in [-0.15, -0.1) is 0 Å². The molecule has 2 aromatic rings. The lowest BCUT2D eigenvalue weighted by Gasteiger charge is -2.06. The fourth-order valence-electron chi connectivity index (χ4n) is 1.64. The molecule has 2 rings (SSSR count). The molecule has 104 valence electrons. The van der Waals surface area contributed by atoms with Crippen molar-refractivity contribution in [1.82, 2.24) is 15.3 Å². The van der Waals surface area contributed by atoms with Crippen LogP contribution < -0.4 is 10.6 Å². The molecule has 0 fully saturated rings. The first kappa shape index (κ1) is 13.9. The van der Waals surface area contributed by atoms with E-state index < -0.39 is 0 Å². The Hall–Kier alpha value is -2.50. The minimum absolute atomic E-state index is 0.225. The summed E-state index contributed by atoms with van der Waals surface area (Å²) in [4.78, 5) is 19.9. The number of hydrogen-bond acceptors (Lipinski definition) is 4. The smallest absolute Gasteiger partial charge is 0.271 e. The van der Waals surface area contributed by atoms with E-state index in [0.717, 1.165) is 6.54 Å². The zero-order valence-electron chi connectivity index (χ0n) is 11.1. The average molecular weight is 274 g/mol. The van der Waals surface area contributed by atoms with Crippen molar-refractivity contribution < 1.29 is 9.18 Å². The zero-order chi connectivity index (χ0) is 14.4. The summed E-state index contributed by atoms with van der Waals surface area (Å²) in [5.74, 6) is -0.0504. The zero-order valence-corrected chi connectivity index (χ0v) is 11.1. The maximum atomic E-state index is 13.0. The highest BCUT2D eigenvalue weighted by molar-refractivity contribution is 5.91. The van der Waals surface area contributed by atoms with Crippen molar-refractivity contribution in [2.75, 3.05) is 11.9 Å². The fraction of sp³-hybridized carbons (Fsp3) is 0.214. The van der Waals surface area contributed by atoms with Gasteiger partial charge < -0.3 is 10.6 Å². The summed E-state index contributed by atoms with van der Waals surface area (Å²) in [6, 6.07) is 6.07. The number of carbonyl (C=O) groups is 1. The molecule has 0 saturated carbocycles. The summed E-state index contributed by atoms with van der Waals surface area (Å²) in [6.07, 6.45) is 2.90. The number of aromatic nitrogens is 2. The van der Waals surface area contributed by atoms with E-state index in [1.165, 1.54) is 24.5 Å². The molecule has 0 atom stereocenters. The monoisotopic (exact) mass is 274 g/mol. The largest absolute Gasteiger partial charge is 0.369 e. The molecule has 5 nitrogen and oxygen atoms in total. The highest BCUT2D eigenvalue weighted by Gasteiger charge is 2.07. The standard InChI is InChI=1S/C14H15FN4O/c1-2-16-13-9-17-12(8-18-13)14(20)19-7-10-4-3-5-11(15)6-10/h3-6,8-9H,2,7H2,1H3,(H,16,18)(H,19,20). The number of hydrogen-bond donors (Lipinski definition) is 2. The average Bonchev–Trinajstić information content (AvgIpc) is 2.46. The molecule has 0 bridgehead atoms. The number of amides is 1. The normalized spacial score (nSPS) is 10.1. The van der Waals surface area contributed by atoms with Gasteiger partial charge in [-0.3, -0.25) is 4.79 Å². The second kappa shape index (κ2) is 6.60. The lowest BCUT2D eigenvalue weighted by atomic mass is 10.2. The SMILES string of the molecule is CCNc1cnc(C(=O)NCc2cccc(F)c2)cn1. The molecule has 1 amide bonds. The van der Waals surface area contributed by atoms with Crippen molar-refractivity contribution in [3.63, 3.8) is 0 Å². The van der Waals surface area contributed by atoms with Crippen molar-refractivity contribution in [3.05, 3.63) is 53.7 Å². The highest BCUT2D eigenvalue weighted by Crippen LogP contribution is 2.04. The first-order chi connectivity index (χ1) is 9.69. The van der Waals surface area contributed by atoms with E-state index in [0.29, 0.717) is 11.4 Å². The maximum absolute atomic E-state index is 13.0. The summed E-state index contributed by atoms with van der Waals surface area (Å²) < 4.78 is 13.0. The van der Waals surface area contributed by atoms with Crippen LogP contribution >= 0.6 is 0 Å². The number of rotatable bonds is 5. The van der Waals surface area contributed by atoms with Crippen LogP contribution in [-0.4, -0.2) is 22.4 Å². The van der Waals surface area contributed by atoms with E-state index >= 15 is 0 Å². The van der Waals surface area contributed by atoms with Gasteiger partial charge in [-0.05, 0) is 24.6 Å². The van der Waals surface area contributed by atoms with Gasteiger partial charge in [-0.1, -0.05) is 12.1 Å². The Bertz CT molecular complexity index is 586. The van der Waals surface area contributed by atoms with Crippen molar-refractivity contribution in [2.45, 2.75) is 13.5 Å². The van der Waals surface area contributed by atoms with Crippen LogP contribution in [0, 0.1) is 5.82 Å². The van der Waals surface area contributed by atoms with Gasteiger partial charge in [0.25, 0.3) is 5.91 Å². The lowest BCUT2D eigenvalue weighted by molar-refractivity contribution is 0.0945. The molecular weight excluding hydrogens is 259 g/mol. The Labute approximate surface area is 116 Å². The third-order valence-electron chi connectivity index (χ3n) is 2.58. The Morgan fingerprint density at radius 1 is 1.30 bits per heavy atom. The van der Waals surface area contributed by atoms with Gasteiger partial charge in [0.05, 0.1) is 12.4 Å². The predicted octanol–water partition coefficient (Wildman–Crippen LogP) is 1.98. The van der Waals surface area contributed by atoms with E-state index in [1.807, 2.05) is 6.92 Å². The van der Waals surface area contributed by atoms with Crippen LogP contribution in [0.2, 0.25) is 0 Å². The topological polar surface area (TPSA) is 66.9 Å². The molecule has 0 radical (unpaired) electrons. The molecule has 0 spiro atoms. The Balaban J connectivity index is 1.94. The summed E-state index contributed by atoms with van der Waals surface area (Å²) in [5.41, 5.74) is 0.915. The Morgan fingerprint density at radius 3 is 2.80 bits per heavy atom. The molecule has 0 aliphatic heterocycles. The van der Waals surface area contributed by atoms with Crippen LogP contribution in [0.15, 0.2) is 36.7 Å². The van der Waals surface area contributed by atoms with Crippen molar-refractivity contribution in [2.24, 2.45) is 0 Å². The lowest BCUT2D eigenvalue weighted by Crippen LogP contribution is -2.24. The number of halogens is 1. The summed E-state index contributed by atoms with van der Waals surface area (Å²) in [6.45, 7) is 2.92. The minimum atomic E-state index is -0.343. The molecule has 0 aliphatic rings. The maximum Gasteiger partial charge on any atom is 0.271 e. The number of carbonyl (C=O) groups excluding carboxylic acids is 1. The molecule has 0 saturated heterocycles. The van der Waals surface area contributed by atoms with Crippen LogP contribution in [0.4, 0.5) is 10.2 Å². The van der Waals surface area contributed by atoms with E-state index in [1.54, 1.807) is 12.1 Å². The van der Waals surface area contributed by atoms with Gasteiger partial charge in [-0.2, -0.15) is 0 Å². The number of nitrogens with one attached hydrogen (secondary N) is 2. The molecule has 6 heteroatoms. The van der Waals surface area contributed by atoms with E-state index in [-0.39, 0.29) is 24.0 Å². The first-order valence-corrected chi connectivity index (χ1v) is 6.27. The summed E-state index contributed by atoms with van der Waals surface area (Å²) in [5, 5.41) is 5.66. The van der Waals surface area contributed by atoms with Crippen LogP contribution in [-0.2, 0) is 6.54 Å². The molecule has 2 N–H and O–H groups in total. The molecule has 1 heterocycles. The molecule has 0 unspecified atom stereocenters. The fourth-order valence-corrected chi connectivity index (χ4v) is 1.64. The minimum Gasteiger partial charge on any atom is -0.369 e. The molecular formula is C14H15FN4O. The van der Waals surface area contributed by atoms with Gasteiger partial charge in [0.15, 0.2) is 0 Å².